The lowest BCUT2D eigenvalue weighted by Gasteiger charge is -2.35. The van der Waals surface area contributed by atoms with E-state index in [4.69, 9.17) is 0 Å². The molecule has 0 unspecified atom stereocenters. The number of halogens is 4. The molecule has 0 radical (unpaired) electrons. The maximum Gasteiger partial charge on any atom is 0.416 e. The number of thiophene rings is 1. The van der Waals surface area contributed by atoms with Crippen LogP contribution < -0.4 is 20.9 Å². The molecular formula is C29H27F4N7O2S. The Morgan fingerprint density at radius 1 is 1.02 bits per heavy atom. The number of hydrogen-bond acceptors (Lipinski definition) is 8. The zero-order valence-electron chi connectivity index (χ0n) is 23.0. The van der Waals surface area contributed by atoms with E-state index < -0.39 is 29.4 Å². The summed E-state index contributed by atoms with van der Waals surface area (Å²) in [7, 11) is 1.87. The Hall–Kier alpha value is -4.30. The molecular weight excluding hydrogens is 586 g/mol. The van der Waals surface area contributed by atoms with Crippen LogP contribution in [0.4, 0.5) is 40.4 Å². The van der Waals surface area contributed by atoms with Crippen molar-refractivity contribution in [3.05, 3.63) is 70.6 Å². The van der Waals surface area contributed by atoms with Crippen molar-refractivity contribution in [3.63, 3.8) is 0 Å². The third-order valence-electron chi connectivity index (χ3n) is 7.24. The van der Waals surface area contributed by atoms with Crippen LogP contribution in [0.15, 0.2) is 48.1 Å². The van der Waals surface area contributed by atoms with E-state index in [0.717, 1.165) is 44.0 Å². The van der Waals surface area contributed by atoms with E-state index in [2.05, 4.69) is 25.9 Å². The topological polar surface area (TPSA) is 102 Å². The van der Waals surface area contributed by atoms with Gasteiger partial charge in [0.1, 0.15) is 18.0 Å². The second kappa shape index (κ2) is 11.4. The summed E-state index contributed by atoms with van der Waals surface area (Å²) < 4.78 is 56.7. The molecule has 1 saturated heterocycles. The number of nitrogens with one attached hydrogen (secondary N) is 3. The van der Waals surface area contributed by atoms with Gasteiger partial charge in [-0.3, -0.25) is 14.5 Å². The first-order valence-electron chi connectivity index (χ1n) is 13.6. The quantitative estimate of drug-likeness (QED) is 0.219. The number of carbonyl (C=O) groups is 2. The Morgan fingerprint density at radius 2 is 1.84 bits per heavy atom. The highest BCUT2D eigenvalue weighted by molar-refractivity contribution is 7.18. The summed E-state index contributed by atoms with van der Waals surface area (Å²) in [6.07, 6.45) is -0.449. The van der Waals surface area contributed by atoms with Gasteiger partial charge in [0.05, 0.1) is 33.7 Å². The molecule has 2 aromatic heterocycles. The average molecular weight is 614 g/mol. The molecule has 3 heterocycles. The van der Waals surface area contributed by atoms with Crippen LogP contribution in [0, 0.1) is 5.82 Å². The number of amides is 2. The number of nitrogens with zero attached hydrogens (tertiary/aromatic N) is 4. The average Bonchev–Trinajstić information content (AvgIpc) is 3.68. The standard InChI is InChI=1S/C29H27F4N7O2S/c1-39-7-2-8-40(15-39)20-10-16(9-17(11-20)29(31,32)33)27(41)37-19-5-6-22(30)23(12-19)38-28(42)21-13-43-25-24(21)34-14-35-26(25)36-18-3-4-18/h5-6,9-14,18H,2-4,7-8,15H2,1H3,(H,37,41)(H,38,42)(H,34,35,36). The first kappa shape index (κ1) is 28.8. The predicted molar refractivity (Wildman–Crippen MR) is 157 cm³/mol. The number of alkyl halides is 3. The molecule has 224 valence electrons. The third kappa shape index (κ3) is 6.39. The van der Waals surface area contributed by atoms with E-state index in [9.17, 15) is 27.2 Å². The second-order valence-electron chi connectivity index (χ2n) is 10.7. The van der Waals surface area contributed by atoms with E-state index >= 15 is 0 Å². The van der Waals surface area contributed by atoms with Crippen molar-refractivity contribution in [1.29, 1.82) is 0 Å². The van der Waals surface area contributed by atoms with Crippen LogP contribution in [-0.4, -0.2) is 59.5 Å². The Balaban J connectivity index is 1.22. The third-order valence-corrected chi connectivity index (χ3v) is 8.22. The zero-order valence-corrected chi connectivity index (χ0v) is 23.8. The summed E-state index contributed by atoms with van der Waals surface area (Å²) in [5.74, 6) is -1.54. The molecule has 9 nitrogen and oxygen atoms in total. The van der Waals surface area contributed by atoms with Gasteiger partial charge in [-0.2, -0.15) is 13.2 Å². The molecule has 2 aliphatic rings. The van der Waals surface area contributed by atoms with Crippen molar-refractivity contribution in [2.75, 3.05) is 47.7 Å². The van der Waals surface area contributed by atoms with Crippen LogP contribution in [0.3, 0.4) is 0 Å². The number of hydrogen-bond donors (Lipinski definition) is 3. The fourth-order valence-corrected chi connectivity index (χ4v) is 5.84. The molecule has 1 aliphatic carbocycles. The fourth-order valence-electron chi connectivity index (χ4n) is 4.89. The number of carbonyl (C=O) groups excluding carboxylic acids is 2. The van der Waals surface area contributed by atoms with Gasteiger partial charge in [-0.25, -0.2) is 14.4 Å². The van der Waals surface area contributed by atoms with Crippen molar-refractivity contribution in [2.45, 2.75) is 31.5 Å². The minimum absolute atomic E-state index is 0.0896. The van der Waals surface area contributed by atoms with Gasteiger partial charge in [0.2, 0.25) is 0 Å². The highest BCUT2D eigenvalue weighted by Crippen LogP contribution is 2.35. The molecule has 1 saturated carbocycles. The predicted octanol–water partition coefficient (Wildman–Crippen LogP) is 6.03. The molecule has 1 aliphatic heterocycles. The Bertz CT molecular complexity index is 1710. The van der Waals surface area contributed by atoms with Crippen molar-refractivity contribution in [3.8, 4) is 0 Å². The van der Waals surface area contributed by atoms with Crippen LogP contribution >= 0.6 is 11.3 Å². The van der Waals surface area contributed by atoms with Gasteiger partial charge in [0.25, 0.3) is 11.8 Å². The van der Waals surface area contributed by atoms with Crippen molar-refractivity contribution in [1.82, 2.24) is 14.9 Å². The largest absolute Gasteiger partial charge is 0.416 e. The number of rotatable bonds is 7. The number of fused-ring (bicyclic) bond motifs is 1. The van der Waals surface area contributed by atoms with E-state index in [1.807, 2.05) is 11.9 Å². The Morgan fingerprint density at radius 3 is 2.58 bits per heavy atom. The van der Waals surface area contributed by atoms with Crippen LogP contribution in [0.2, 0.25) is 0 Å². The van der Waals surface area contributed by atoms with Gasteiger partial charge in [-0.05, 0) is 62.7 Å². The highest BCUT2D eigenvalue weighted by atomic mass is 32.1. The summed E-state index contributed by atoms with van der Waals surface area (Å²) in [6, 6.07) is 7.10. The molecule has 0 atom stereocenters. The first-order chi connectivity index (χ1) is 20.5. The lowest BCUT2D eigenvalue weighted by Crippen LogP contribution is -2.42. The SMILES string of the molecule is CN1CCCN(c2cc(C(=O)Nc3ccc(F)c(NC(=O)c4csc5c(NC6CC6)ncnc45)c3)cc(C(F)(F)F)c2)C1. The summed E-state index contributed by atoms with van der Waals surface area (Å²) in [4.78, 5) is 38.5. The van der Waals surface area contributed by atoms with E-state index in [-0.39, 0.29) is 28.2 Å². The number of benzene rings is 2. The van der Waals surface area contributed by atoms with Crippen molar-refractivity contribution in [2.24, 2.45) is 0 Å². The fraction of sp³-hybridized carbons (Fsp3) is 0.310. The minimum Gasteiger partial charge on any atom is -0.366 e. The molecule has 3 N–H and O–H groups in total. The van der Waals surface area contributed by atoms with Gasteiger partial charge in [-0.15, -0.1) is 11.3 Å². The van der Waals surface area contributed by atoms with Gasteiger partial charge in [0.15, 0.2) is 0 Å². The van der Waals surface area contributed by atoms with Crippen molar-refractivity contribution < 1.29 is 27.2 Å². The lowest BCUT2D eigenvalue weighted by molar-refractivity contribution is -0.137. The molecule has 0 bridgehead atoms. The van der Waals surface area contributed by atoms with Crippen LogP contribution in [0.1, 0.15) is 45.5 Å². The minimum atomic E-state index is -4.66. The molecule has 6 rings (SSSR count). The molecule has 2 fully saturated rings. The summed E-state index contributed by atoms with van der Waals surface area (Å²) in [5.41, 5.74) is -0.340. The molecule has 43 heavy (non-hydrogen) atoms. The maximum atomic E-state index is 14.7. The Labute approximate surface area is 247 Å². The number of aromatic nitrogens is 2. The summed E-state index contributed by atoms with van der Waals surface area (Å²) >= 11 is 1.29. The van der Waals surface area contributed by atoms with Gasteiger partial charge >= 0.3 is 6.18 Å². The number of anilines is 4. The maximum absolute atomic E-state index is 14.7. The summed E-state index contributed by atoms with van der Waals surface area (Å²) in [6.45, 7) is 1.80. The monoisotopic (exact) mass is 613 g/mol. The summed E-state index contributed by atoms with van der Waals surface area (Å²) in [5, 5.41) is 9.97. The van der Waals surface area contributed by atoms with E-state index in [1.54, 1.807) is 10.3 Å². The molecule has 0 spiro atoms. The van der Waals surface area contributed by atoms with E-state index in [1.165, 1.54) is 35.9 Å². The molecule has 2 aromatic carbocycles. The molecule has 2 amide bonds. The second-order valence-corrected chi connectivity index (χ2v) is 11.6. The lowest BCUT2D eigenvalue weighted by atomic mass is 10.1. The molecule has 14 heteroatoms. The first-order valence-corrected chi connectivity index (χ1v) is 14.5. The smallest absolute Gasteiger partial charge is 0.366 e. The zero-order chi connectivity index (χ0) is 30.3. The van der Waals surface area contributed by atoms with E-state index in [0.29, 0.717) is 35.3 Å². The van der Waals surface area contributed by atoms with Crippen LogP contribution in [0.5, 0.6) is 0 Å². The van der Waals surface area contributed by atoms with Gasteiger partial charge in [0, 0.05) is 41.4 Å². The Kier molecular flexibility index (Phi) is 7.65. The highest BCUT2D eigenvalue weighted by Gasteiger charge is 2.33. The van der Waals surface area contributed by atoms with Crippen molar-refractivity contribution >= 4 is 56.2 Å². The normalized spacial score (nSPS) is 15.9. The molecule has 4 aromatic rings. The van der Waals surface area contributed by atoms with Crippen LogP contribution in [-0.2, 0) is 6.18 Å². The van der Waals surface area contributed by atoms with Gasteiger partial charge in [-0.1, -0.05) is 0 Å². The van der Waals surface area contributed by atoms with Gasteiger partial charge < -0.3 is 20.9 Å². The van der Waals surface area contributed by atoms with Crippen LogP contribution in [0.25, 0.3) is 10.2 Å².